The maximum atomic E-state index is 4.51. The molecule has 20 heavy (non-hydrogen) atoms. The van der Waals surface area contributed by atoms with Gasteiger partial charge in [-0.1, -0.05) is 50.8 Å². The van der Waals surface area contributed by atoms with Crippen molar-refractivity contribution in [3.05, 3.63) is 12.3 Å². The zero-order valence-corrected chi connectivity index (χ0v) is 13.4. The fourth-order valence-corrected chi connectivity index (χ4v) is 3.90. The first-order valence-corrected chi connectivity index (χ1v) is 8.56. The van der Waals surface area contributed by atoms with Gasteiger partial charge in [0.1, 0.15) is 7.28 Å². The van der Waals surface area contributed by atoms with Crippen LogP contribution in [0.5, 0.6) is 0 Å². The third-order valence-electron chi connectivity index (χ3n) is 5.50. The predicted molar refractivity (Wildman–Crippen MR) is 91.1 cm³/mol. The Morgan fingerprint density at radius 2 is 2.05 bits per heavy atom. The van der Waals surface area contributed by atoms with Crippen LogP contribution in [0.4, 0.5) is 0 Å². The monoisotopic (exact) mass is 274 g/mol. The molecule has 0 bridgehead atoms. The van der Waals surface area contributed by atoms with Crippen LogP contribution in [-0.4, -0.2) is 27.1 Å². The molecule has 0 radical (unpaired) electrons. The van der Waals surface area contributed by atoms with Crippen molar-refractivity contribution in [3.8, 4) is 0 Å². The molecule has 0 amide bonds. The normalized spacial score (nSPS) is 36.3. The van der Waals surface area contributed by atoms with Crippen molar-refractivity contribution in [1.82, 2.24) is 5.32 Å². The Bertz CT molecular complexity index is 325. The largest absolute Gasteiger partial charge is 0.394 e. The number of aliphatic imine (C=N–C) groups is 1. The molecule has 1 aliphatic heterocycles. The lowest BCUT2D eigenvalue weighted by Gasteiger charge is -2.29. The van der Waals surface area contributed by atoms with Gasteiger partial charge in [-0.15, -0.1) is 0 Å². The van der Waals surface area contributed by atoms with Gasteiger partial charge in [0.2, 0.25) is 0 Å². The van der Waals surface area contributed by atoms with Crippen molar-refractivity contribution < 1.29 is 0 Å². The van der Waals surface area contributed by atoms with Gasteiger partial charge in [-0.2, -0.15) is 0 Å². The van der Waals surface area contributed by atoms with E-state index in [2.05, 4.69) is 36.2 Å². The molecule has 3 heteroatoms. The predicted octanol–water partition coefficient (Wildman–Crippen LogP) is 3.67. The van der Waals surface area contributed by atoms with Gasteiger partial charge in [-0.3, -0.25) is 4.99 Å². The van der Waals surface area contributed by atoms with Crippen molar-refractivity contribution in [3.63, 3.8) is 0 Å². The molecule has 0 spiro atoms. The van der Waals surface area contributed by atoms with Crippen molar-refractivity contribution >= 4 is 14.0 Å². The molecule has 2 rings (SSSR count). The second-order valence-corrected chi connectivity index (χ2v) is 6.89. The average Bonchev–Trinajstić information content (AvgIpc) is 3.28. The van der Waals surface area contributed by atoms with Crippen LogP contribution in [0, 0.1) is 17.8 Å². The first-order valence-electron chi connectivity index (χ1n) is 8.56. The summed E-state index contributed by atoms with van der Waals surface area (Å²) < 4.78 is 0. The van der Waals surface area contributed by atoms with Crippen molar-refractivity contribution in [2.75, 3.05) is 7.05 Å². The molecule has 1 heterocycles. The molecule has 1 saturated heterocycles. The number of hydrogen-bond acceptors (Lipinski definition) is 2. The Kier molecular flexibility index (Phi) is 6.19. The number of rotatable bonds is 5. The molecule has 1 N–H and O–H groups in total. The van der Waals surface area contributed by atoms with Crippen LogP contribution < -0.4 is 5.32 Å². The van der Waals surface area contributed by atoms with E-state index in [-0.39, 0.29) is 0 Å². The Balaban J connectivity index is 2.04. The van der Waals surface area contributed by atoms with Gasteiger partial charge in [0.05, 0.1) is 6.04 Å². The first-order chi connectivity index (χ1) is 9.76. The average molecular weight is 274 g/mol. The summed E-state index contributed by atoms with van der Waals surface area (Å²) in [7, 11) is 3.44. The summed E-state index contributed by atoms with van der Waals surface area (Å²) in [5, 5.41) is 3.13. The lowest BCUT2D eigenvalue weighted by atomic mass is 9.76. The third kappa shape index (κ3) is 4.39. The molecule has 2 aliphatic rings. The molecular weight excluding hydrogens is 243 g/mol. The van der Waals surface area contributed by atoms with E-state index in [0.717, 1.165) is 17.7 Å². The van der Waals surface area contributed by atoms with Gasteiger partial charge in [0.25, 0.3) is 0 Å². The first kappa shape index (κ1) is 15.7. The number of hydrogen-bond donors (Lipinski definition) is 1. The van der Waals surface area contributed by atoms with Crippen LogP contribution in [0.2, 0.25) is 12.1 Å². The van der Waals surface area contributed by atoms with E-state index < -0.39 is 0 Å². The SMILES string of the molecule is C=NC1CC(C(C)C2BC2)CCCCCC1/C=C\NC. The molecule has 5 unspecified atom stereocenters. The van der Waals surface area contributed by atoms with E-state index in [4.69, 9.17) is 0 Å². The van der Waals surface area contributed by atoms with Gasteiger partial charge >= 0.3 is 0 Å². The van der Waals surface area contributed by atoms with E-state index in [1.54, 1.807) is 0 Å². The van der Waals surface area contributed by atoms with Gasteiger partial charge < -0.3 is 5.32 Å². The van der Waals surface area contributed by atoms with E-state index in [1.165, 1.54) is 52.1 Å². The van der Waals surface area contributed by atoms with Crippen LogP contribution >= 0.6 is 0 Å². The summed E-state index contributed by atoms with van der Waals surface area (Å²) in [5.41, 5.74) is 0. The van der Waals surface area contributed by atoms with Crippen LogP contribution in [0.3, 0.4) is 0 Å². The standard InChI is InChI=1S/C17H31BN2/c1-13(16-12-18-16)15-8-6-4-5-7-14(9-10-19-2)17(11-15)20-3/h9-10,13-19H,3-8,11-12H2,1-2H3/b10-9-. The Morgan fingerprint density at radius 3 is 2.70 bits per heavy atom. The van der Waals surface area contributed by atoms with Crippen molar-refractivity contribution in [2.24, 2.45) is 22.7 Å². The smallest absolute Gasteiger partial charge is 0.123 e. The molecule has 0 aromatic carbocycles. The van der Waals surface area contributed by atoms with E-state index in [9.17, 15) is 0 Å². The minimum atomic E-state index is 0.420. The molecule has 0 aromatic heterocycles. The highest BCUT2D eigenvalue weighted by atomic mass is 14.8. The van der Waals surface area contributed by atoms with Crippen LogP contribution in [0.25, 0.3) is 0 Å². The van der Waals surface area contributed by atoms with Gasteiger partial charge in [0.15, 0.2) is 0 Å². The zero-order chi connectivity index (χ0) is 14.4. The minimum absolute atomic E-state index is 0.420. The fourth-order valence-electron chi connectivity index (χ4n) is 3.90. The maximum absolute atomic E-state index is 4.51. The van der Waals surface area contributed by atoms with E-state index in [1.807, 2.05) is 7.05 Å². The lowest BCUT2D eigenvalue weighted by molar-refractivity contribution is 0.280. The van der Waals surface area contributed by atoms with E-state index >= 15 is 0 Å². The highest BCUT2D eigenvalue weighted by Crippen LogP contribution is 2.44. The molecule has 0 aromatic rings. The molecule has 112 valence electrons. The Morgan fingerprint density at radius 1 is 1.30 bits per heavy atom. The van der Waals surface area contributed by atoms with Crippen molar-refractivity contribution in [2.45, 2.75) is 63.6 Å². The summed E-state index contributed by atoms with van der Waals surface area (Å²) in [6.07, 6.45) is 13.9. The summed E-state index contributed by atoms with van der Waals surface area (Å²) >= 11 is 0. The molecule has 2 fully saturated rings. The van der Waals surface area contributed by atoms with Crippen LogP contribution in [0.1, 0.15) is 45.4 Å². The Labute approximate surface area is 125 Å². The summed E-state index contributed by atoms with van der Waals surface area (Å²) in [4.78, 5) is 4.51. The second kappa shape index (κ2) is 7.90. The highest BCUT2D eigenvalue weighted by molar-refractivity contribution is 6.50. The number of nitrogens with one attached hydrogen (secondary N) is 1. The zero-order valence-electron chi connectivity index (χ0n) is 13.4. The fraction of sp³-hybridized carbons (Fsp3) is 0.824. The molecule has 1 aliphatic carbocycles. The summed E-state index contributed by atoms with van der Waals surface area (Å²) in [6.45, 7) is 6.38. The minimum Gasteiger partial charge on any atom is -0.394 e. The number of nitrogens with zero attached hydrogens (tertiary/aromatic N) is 1. The summed E-state index contributed by atoms with van der Waals surface area (Å²) in [5.74, 6) is 3.34. The van der Waals surface area contributed by atoms with E-state index in [0.29, 0.717) is 12.0 Å². The van der Waals surface area contributed by atoms with Crippen LogP contribution in [0.15, 0.2) is 17.3 Å². The quantitative estimate of drug-likeness (QED) is 0.600. The Hall–Kier alpha value is -0.725. The molecule has 2 nitrogen and oxygen atoms in total. The third-order valence-corrected chi connectivity index (χ3v) is 5.50. The summed E-state index contributed by atoms with van der Waals surface area (Å²) in [6, 6.07) is 0.420. The second-order valence-electron chi connectivity index (χ2n) is 6.89. The van der Waals surface area contributed by atoms with Gasteiger partial charge in [-0.05, 0) is 37.6 Å². The lowest BCUT2D eigenvalue weighted by Crippen LogP contribution is -2.24. The van der Waals surface area contributed by atoms with Crippen molar-refractivity contribution in [1.29, 1.82) is 0 Å². The van der Waals surface area contributed by atoms with Gasteiger partial charge in [0, 0.05) is 13.0 Å². The molecular formula is C17H31BN2. The maximum Gasteiger partial charge on any atom is 0.123 e. The molecule has 1 saturated carbocycles. The van der Waals surface area contributed by atoms with Gasteiger partial charge in [-0.25, -0.2) is 0 Å². The van der Waals surface area contributed by atoms with Crippen LogP contribution in [-0.2, 0) is 0 Å². The topological polar surface area (TPSA) is 24.4 Å². The molecule has 5 atom stereocenters. The highest BCUT2D eigenvalue weighted by Gasteiger charge is 2.36.